The van der Waals surface area contributed by atoms with Gasteiger partial charge in [0.2, 0.25) is 0 Å². The van der Waals surface area contributed by atoms with E-state index in [1.165, 1.54) is 24.3 Å². The molecule has 20 heavy (non-hydrogen) atoms. The summed E-state index contributed by atoms with van der Waals surface area (Å²) in [6.07, 6.45) is 1.15. The molecule has 2 aromatic carbocycles. The summed E-state index contributed by atoms with van der Waals surface area (Å²) in [4.78, 5) is 0.247. The molecule has 2 rings (SSSR count). The van der Waals surface area contributed by atoms with Crippen LogP contribution >= 0.6 is 11.6 Å². The van der Waals surface area contributed by atoms with Gasteiger partial charge >= 0.3 is 0 Å². The minimum atomic E-state index is -3.20. The molecule has 0 atom stereocenters. The molecule has 0 fully saturated rings. The summed E-state index contributed by atoms with van der Waals surface area (Å²) in [5.41, 5.74) is 1.15. The maximum absolute atomic E-state index is 13.5. The van der Waals surface area contributed by atoms with Gasteiger partial charge in [-0.15, -0.1) is 0 Å². The molecule has 0 unspecified atom stereocenters. The van der Waals surface area contributed by atoms with Crippen molar-refractivity contribution in [2.75, 3.05) is 11.6 Å². The molecule has 0 saturated carbocycles. The first kappa shape index (κ1) is 14.8. The van der Waals surface area contributed by atoms with Gasteiger partial charge in [0.1, 0.15) is 5.82 Å². The second-order valence-electron chi connectivity index (χ2n) is 4.39. The Morgan fingerprint density at radius 3 is 2.40 bits per heavy atom. The van der Waals surface area contributed by atoms with Crippen LogP contribution in [0.3, 0.4) is 0 Å². The Bertz CT molecular complexity index is 714. The van der Waals surface area contributed by atoms with E-state index in [0.717, 1.165) is 6.26 Å². The van der Waals surface area contributed by atoms with Gasteiger partial charge in [0.15, 0.2) is 9.84 Å². The Labute approximate surface area is 122 Å². The van der Waals surface area contributed by atoms with Crippen molar-refractivity contribution in [2.24, 2.45) is 0 Å². The van der Waals surface area contributed by atoms with Crippen molar-refractivity contribution < 1.29 is 12.8 Å². The summed E-state index contributed by atoms with van der Waals surface area (Å²) >= 11 is 5.81. The van der Waals surface area contributed by atoms with E-state index >= 15 is 0 Å². The van der Waals surface area contributed by atoms with Gasteiger partial charge in [-0.1, -0.05) is 11.6 Å². The summed E-state index contributed by atoms with van der Waals surface area (Å²) in [6.45, 7) is 0.268. The largest absolute Gasteiger partial charge is 0.381 e. The lowest BCUT2D eigenvalue weighted by Crippen LogP contribution is -2.02. The van der Waals surface area contributed by atoms with Crippen LogP contribution in [0, 0.1) is 5.82 Å². The second-order valence-corrected chi connectivity index (χ2v) is 6.84. The molecule has 0 amide bonds. The van der Waals surface area contributed by atoms with Crippen molar-refractivity contribution in [3.8, 4) is 0 Å². The van der Waals surface area contributed by atoms with Gasteiger partial charge in [-0.2, -0.15) is 0 Å². The Morgan fingerprint density at radius 1 is 1.15 bits per heavy atom. The molecule has 0 heterocycles. The molecule has 106 valence electrons. The molecule has 3 nitrogen and oxygen atoms in total. The van der Waals surface area contributed by atoms with E-state index in [-0.39, 0.29) is 17.3 Å². The number of hydrogen-bond acceptors (Lipinski definition) is 3. The minimum Gasteiger partial charge on any atom is -0.381 e. The van der Waals surface area contributed by atoms with E-state index < -0.39 is 9.84 Å². The van der Waals surface area contributed by atoms with Crippen LogP contribution in [0.15, 0.2) is 47.4 Å². The molecule has 0 aliphatic carbocycles. The minimum absolute atomic E-state index is 0.247. The van der Waals surface area contributed by atoms with E-state index in [0.29, 0.717) is 16.3 Å². The van der Waals surface area contributed by atoms with Crippen molar-refractivity contribution >= 4 is 27.1 Å². The van der Waals surface area contributed by atoms with E-state index in [9.17, 15) is 12.8 Å². The average molecular weight is 314 g/mol. The highest BCUT2D eigenvalue weighted by Gasteiger charge is 2.07. The van der Waals surface area contributed by atoms with E-state index in [2.05, 4.69) is 5.32 Å². The molecule has 0 aromatic heterocycles. The normalized spacial score (nSPS) is 11.3. The first-order chi connectivity index (χ1) is 9.36. The summed E-state index contributed by atoms with van der Waals surface area (Å²) in [7, 11) is -3.20. The lowest BCUT2D eigenvalue weighted by atomic mass is 10.2. The number of halogens is 2. The Kier molecular flexibility index (Phi) is 4.30. The molecule has 0 aliphatic rings. The van der Waals surface area contributed by atoms with Crippen LogP contribution < -0.4 is 5.32 Å². The molecule has 1 N–H and O–H groups in total. The van der Waals surface area contributed by atoms with Crippen LogP contribution in [0.2, 0.25) is 5.02 Å². The van der Waals surface area contributed by atoms with Crippen molar-refractivity contribution in [3.63, 3.8) is 0 Å². The highest BCUT2D eigenvalue weighted by molar-refractivity contribution is 7.90. The van der Waals surface area contributed by atoms with Crippen LogP contribution in [0.4, 0.5) is 10.1 Å². The van der Waals surface area contributed by atoms with Gasteiger partial charge in [0.05, 0.1) is 4.90 Å². The maximum atomic E-state index is 13.5. The Morgan fingerprint density at radius 2 is 1.80 bits per heavy atom. The molecule has 0 bridgehead atoms. The summed E-state index contributed by atoms with van der Waals surface area (Å²) in [6, 6.07) is 10.6. The lowest BCUT2D eigenvalue weighted by molar-refractivity contribution is 0.602. The highest BCUT2D eigenvalue weighted by atomic mass is 35.5. The molecule has 0 spiro atoms. The van der Waals surface area contributed by atoms with Gasteiger partial charge in [0.25, 0.3) is 0 Å². The van der Waals surface area contributed by atoms with Gasteiger partial charge in [-0.05, 0) is 42.5 Å². The van der Waals surface area contributed by atoms with Crippen molar-refractivity contribution in [2.45, 2.75) is 11.4 Å². The fourth-order valence-corrected chi connectivity index (χ4v) is 2.52. The third-order valence-corrected chi connectivity index (χ3v) is 4.14. The van der Waals surface area contributed by atoms with E-state index in [1.54, 1.807) is 18.2 Å². The molecule has 6 heteroatoms. The van der Waals surface area contributed by atoms with Crippen LogP contribution in [-0.2, 0) is 16.4 Å². The van der Waals surface area contributed by atoms with Gasteiger partial charge < -0.3 is 5.32 Å². The third kappa shape index (κ3) is 3.71. The van der Waals surface area contributed by atoms with E-state index in [1.807, 2.05) is 0 Å². The van der Waals surface area contributed by atoms with Gasteiger partial charge in [0, 0.05) is 29.1 Å². The number of benzene rings is 2. The van der Waals surface area contributed by atoms with Crippen LogP contribution in [0.5, 0.6) is 0 Å². The maximum Gasteiger partial charge on any atom is 0.175 e. The van der Waals surface area contributed by atoms with Crippen molar-refractivity contribution in [1.82, 2.24) is 0 Å². The standard InChI is InChI=1S/C14H13ClFNO2S/c1-20(18,19)13-5-3-12(4-6-13)17-9-10-8-11(15)2-7-14(10)16/h2-8,17H,9H2,1H3. The number of anilines is 1. The lowest BCUT2D eigenvalue weighted by Gasteiger charge is -2.08. The fraction of sp³-hybridized carbons (Fsp3) is 0.143. The zero-order valence-electron chi connectivity index (χ0n) is 10.7. The van der Waals surface area contributed by atoms with E-state index in [4.69, 9.17) is 11.6 Å². The van der Waals surface area contributed by atoms with Crippen LogP contribution in [0.1, 0.15) is 5.56 Å². The number of sulfone groups is 1. The van der Waals surface area contributed by atoms with Gasteiger partial charge in [-0.25, -0.2) is 12.8 Å². The monoisotopic (exact) mass is 313 g/mol. The van der Waals surface area contributed by atoms with Crippen LogP contribution in [-0.4, -0.2) is 14.7 Å². The predicted molar refractivity (Wildman–Crippen MR) is 78.3 cm³/mol. The third-order valence-electron chi connectivity index (χ3n) is 2.77. The smallest absolute Gasteiger partial charge is 0.175 e. The highest BCUT2D eigenvalue weighted by Crippen LogP contribution is 2.18. The predicted octanol–water partition coefficient (Wildman–Crippen LogP) is 3.49. The summed E-state index contributed by atoms with van der Waals surface area (Å²) in [5, 5.41) is 3.48. The van der Waals surface area contributed by atoms with Gasteiger partial charge in [-0.3, -0.25) is 0 Å². The Hall–Kier alpha value is -1.59. The summed E-state index contributed by atoms with van der Waals surface area (Å²) in [5.74, 6) is -0.338. The zero-order chi connectivity index (χ0) is 14.8. The molecule has 2 aromatic rings. The van der Waals surface area contributed by atoms with Crippen LogP contribution in [0.25, 0.3) is 0 Å². The molecule has 0 aliphatic heterocycles. The molecule has 0 saturated heterocycles. The molecule has 0 radical (unpaired) electrons. The first-order valence-corrected chi connectivity index (χ1v) is 8.11. The molecular weight excluding hydrogens is 301 g/mol. The van der Waals surface area contributed by atoms with Crippen molar-refractivity contribution in [3.05, 3.63) is 58.9 Å². The SMILES string of the molecule is CS(=O)(=O)c1ccc(NCc2cc(Cl)ccc2F)cc1. The first-order valence-electron chi connectivity index (χ1n) is 5.84. The number of rotatable bonds is 4. The number of hydrogen-bond donors (Lipinski definition) is 1. The second kappa shape index (κ2) is 5.81. The zero-order valence-corrected chi connectivity index (χ0v) is 12.3. The topological polar surface area (TPSA) is 46.2 Å². The van der Waals surface area contributed by atoms with Crippen molar-refractivity contribution in [1.29, 1.82) is 0 Å². The Balaban J connectivity index is 2.10. The average Bonchev–Trinajstić information content (AvgIpc) is 2.39. The quantitative estimate of drug-likeness (QED) is 0.939. The number of nitrogens with one attached hydrogen (secondary N) is 1. The fourth-order valence-electron chi connectivity index (χ4n) is 1.70. The summed E-state index contributed by atoms with van der Waals surface area (Å²) < 4.78 is 36.2. The molecular formula is C14H13ClFNO2S.